The van der Waals surface area contributed by atoms with Crippen LogP contribution in [0.3, 0.4) is 0 Å². The average molecular weight is 184 g/mol. The van der Waals surface area contributed by atoms with Crippen LogP contribution in [0.1, 0.15) is 6.92 Å². The van der Waals surface area contributed by atoms with Crippen LogP contribution in [-0.4, -0.2) is 23.1 Å². The lowest BCUT2D eigenvalue weighted by molar-refractivity contribution is 0.228. The van der Waals surface area contributed by atoms with Crippen molar-refractivity contribution in [2.75, 3.05) is 18.8 Å². The summed E-state index contributed by atoms with van der Waals surface area (Å²) >= 11 is 4.57. The van der Waals surface area contributed by atoms with Crippen LogP contribution in [0.15, 0.2) is 0 Å². The smallest absolute Gasteiger partial charge is 0.161 e. The van der Waals surface area contributed by atoms with Gasteiger partial charge in [-0.3, -0.25) is 0 Å². The van der Waals surface area contributed by atoms with E-state index in [9.17, 15) is 4.21 Å². The van der Waals surface area contributed by atoms with Gasteiger partial charge in [-0.2, -0.15) is 5.48 Å². The Kier molecular flexibility index (Phi) is 5.10. The maximum atomic E-state index is 11.0. The third-order valence-corrected chi connectivity index (χ3v) is 2.51. The van der Waals surface area contributed by atoms with Crippen LogP contribution in [0.25, 0.3) is 0 Å². The zero-order valence-corrected chi connectivity index (χ0v) is 7.46. The van der Waals surface area contributed by atoms with E-state index in [4.69, 9.17) is 5.73 Å². The molecule has 0 amide bonds. The molecule has 0 heterocycles. The van der Waals surface area contributed by atoms with Crippen molar-refractivity contribution in [2.24, 2.45) is 5.73 Å². The van der Waals surface area contributed by atoms with Crippen molar-refractivity contribution in [3.63, 3.8) is 0 Å². The highest BCUT2D eigenvalue weighted by Crippen LogP contribution is 1.87. The van der Waals surface area contributed by atoms with E-state index in [2.05, 4.69) is 21.0 Å². The molecule has 0 spiro atoms. The predicted molar refractivity (Wildman–Crippen MR) is 44.2 cm³/mol. The Bertz CT molecular complexity index is 166. The summed E-state index contributed by atoms with van der Waals surface area (Å²) in [5.74, 6) is 0.218. The van der Waals surface area contributed by atoms with Crippen molar-refractivity contribution in [1.82, 2.24) is 5.48 Å². The summed E-state index contributed by atoms with van der Waals surface area (Å²) in [6.07, 6.45) is 0. The second-order valence-corrected chi connectivity index (χ2v) is 4.85. The Balaban J connectivity index is 3.65. The van der Waals surface area contributed by atoms with Crippen molar-refractivity contribution < 1.29 is 8.49 Å². The molecule has 1 atom stereocenters. The number of hydrogen-bond acceptors (Lipinski definition) is 5. The highest BCUT2D eigenvalue weighted by Gasteiger charge is 2.02. The molecule has 6 heteroatoms. The SMILES string of the molecule is CCNOS(=O)(=S)CCN. The third kappa shape index (κ3) is 5.07. The summed E-state index contributed by atoms with van der Waals surface area (Å²) in [5.41, 5.74) is 7.57. The second kappa shape index (κ2) is 4.97. The summed E-state index contributed by atoms with van der Waals surface area (Å²) < 4.78 is 15.6. The molecule has 0 saturated heterocycles. The quantitative estimate of drug-likeness (QED) is 0.545. The van der Waals surface area contributed by atoms with Gasteiger partial charge in [-0.15, -0.1) is 0 Å². The van der Waals surface area contributed by atoms with E-state index < -0.39 is 8.77 Å². The van der Waals surface area contributed by atoms with Gasteiger partial charge in [0.15, 0.2) is 8.77 Å². The molecule has 0 fully saturated rings. The fraction of sp³-hybridized carbons (Fsp3) is 1.00. The zero-order chi connectivity index (χ0) is 8.04. The fourth-order valence-corrected chi connectivity index (χ4v) is 1.44. The summed E-state index contributed by atoms with van der Waals surface area (Å²) in [4.78, 5) is 0. The van der Waals surface area contributed by atoms with Crippen LogP contribution in [-0.2, 0) is 24.2 Å². The number of hydroxylamine groups is 1. The lowest BCUT2D eigenvalue weighted by Gasteiger charge is -2.04. The Morgan fingerprint density at radius 2 is 2.40 bits per heavy atom. The first-order chi connectivity index (χ1) is 4.62. The highest BCUT2D eigenvalue weighted by atomic mass is 32.8. The minimum atomic E-state index is -2.60. The van der Waals surface area contributed by atoms with Gasteiger partial charge < -0.3 is 5.73 Å². The van der Waals surface area contributed by atoms with Gasteiger partial charge >= 0.3 is 0 Å². The van der Waals surface area contributed by atoms with Gasteiger partial charge in [0.05, 0.1) is 5.75 Å². The summed E-state index contributed by atoms with van der Waals surface area (Å²) in [6.45, 7) is 2.69. The molecule has 0 rings (SSSR count). The van der Waals surface area contributed by atoms with Gasteiger partial charge in [0.2, 0.25) is 0 Å². The maximum Gasteiger partial charge on any atom is 0.161 e. The number of hydrogen-bond donors (Lipinski definition) is 2. The zero-order valence-electron chi connectivity index (χ0n) is 5.83. The molecule has 0 aliphatic carbocycles. The normalized spacial score (nSPS) is 16.6. The van der Waals surface area contributed by atoms with Crippen molar-refractivity contribution in [3.8, 4) is 0 Å². The van der Waals surface area contributed by atoms with E-state index in [-0.39, 0.29) is 12.3 Å². The van der Waals surface area contributed by atoms with Gasteiger partial charge in [-0.05, 0) is 0 Å². The van der Waals surface area contributed by atoms with E-state index in [1.165, 1.54) is 0 Å². The Morgan fingerprint density at radius 1 is 1.80 bits per heavy atom. The fourth-order valence-electron chi connectivity index (χ4n) is 0.335. The molecular formula is C4H12N2O2S2. The lowest BCUT2D eigenvalue weighted by Crippen LogP contribution is -2.24. The molecule has 0 aliphatic heterocycles. The van der Waals surface area contributed by atoms with Crippen LogP contribution in [0.4, 0.5) is 0 Å². The second-order valence-electron chi connectivity index (χ2n) is 1.63. The van der Waals surface area contributed by atoms with Gasteiger partial charge in [-0.1, -0.05) is 6.92 Å². The van der Waals surface area contributed by atoms with Crippen LogP contribution in [0, 0.1) is 0 Å². The first-order valence-corrected chi connectivity index (χ1v) is 5.54. The molecule has 3 N–H and O–H groups in total. The number of nitrogens with one attached hydrogen (secondary N) is 1. The number of rotatable bonds is 5. The maximum absolute atomic E-state index is 11.0. The molecule has 1 unspecified atom stereocenters. The molecule has 0 radical (unpaired) electrons. The molecule has 0 aromatic carbocycles. The topological polar surface area (TPSA) is 64.3 Å². The molecular weight excluding hydrogens is 172 g/mol. The van der Waals surface area contributed by atoms with E-state index >= 15 is 0 Å². The average Bonchev–Trinajstić information content (AvgIpc) is 1.84. The molecule has 4 nitrogen and oxygen atoms in total. The van der Waals surface area contributed by atoms with Gasteiger partial charge in [0.25, 0.3) is 0 Å². The Labute approximate surface area is 66.0 Å². The van der Waals surface area contributed by atoms with E-state index in [0.717, 1.165) is 0 Å². The van der Waals surface area contributed by atoms with Crippen LogP contribution >= 0.6 is 0 Å². The first kappa shape index (κ1) is 10.2. The van der Waals surface area contributed by atoms with Crippen molar-refractivity contribution >= 4 is 20.0 Å². The molecule has 0 aromatic rings. The Morgan fingerprint density at radius 3 is 2.80 bits per heavy atom. The van der Waals surface area contributed by atoms with Gasteiger partial charge in [0, 0.05) is 24.3 Å². The lowest BCUT2D eigenvalue weighted by atomic mass is 10.8. The highest BCUT2D eigenvalue weighted by molar-refractivity contribution is 8.30. The van der Waals surface area contributed by atoms with Crippen molar-refractivity contribution in [2.45, 2.75) is 6.92 Å². The molecule has 0 saturated carbocycles. The summed E-state index contributed by atoms with van der Waals surface area (Å²) in [6, 6.07) is 0. The third-order valence-electron chi connectivity index (χ3n) is 0.698. The largest absolute Gasteiger partial charge is 0.329 e. The predicted octanol–water partition coefficient (Wildman–Crippen LogP) is -0.852. The monoisotopic (exact) mass is 184 g/mol. The van der Waals surface area contributed by atoms with Gasteiger partial charge in [0.1, 0.15) is 0 Å². The van der Waals surface area contributed by atoms with E-state index in [1.54, 1.807) is 0 Å². The standard InChI is InChI=1S/C4H12N2O2S2/c1-2-6-8-10(7,9)4-3-5/h6H,2-5H2,1H3. The Hall–Kier alpha value is 0.250. The minimum Gasteiger partial charge on any atom is -0.329 e. The summed E-state index contributed by atoms with van der Waals surface area (Å²) in [5, 5.41) is 0. The van der Waals surface area contributed by atoms with Crippen molar-refractivity contribution in [3.05, 3.63) is 0 Å². The van der Waals surface area contributed by atoms with E-state index in [1.807, 2.05) is 6.92 Å². The van der Waals surface area contributed by atoms with Crippen molar-refractivity contribution in [1.29, 1.82) is 0 Å². The van der Waals surface area contributed by atoms with Crippen LogP contribution in [0.5, 0.6) is 0 Å². The van der Waals surface area contributed by atoms with E-state index in [0.29, 0.717) is 6.54 Å². The first-order valence-electron chi connectivity index (χ1n) is 2.96. The summed E-state index contributed by atoms with van der Waals surface area (Å²) in [7, 11) is -2.60. The van der Waals surface area contributed by atoms with Crippen LogP contribution < -0.4 is 11.2 Å². The van der Waals surface area contributed by atoms with Crippen LogP contribution in [0.2, 0.25) is 0 Å². The molecule has 10 heavy (non-hydrogen) atoms. The molecule has 0 aliphatic rings. The molecule has 0 aromatic heterocycles. The minimum absolute atomic E-state index is 0.218. The number of nitrogens with two attached hydrogens (primary N) is 1. The molecule has 62 valence electrons. The molecule has 0 bridgehead atoms. The van der Waals surface area contributed by atoms with Gasteiger partial charge in [-0.25, -0.2) is 8.49 Å².